The van der Waals surface area contributed by atoms with Crippen molar-refractivity contribution in [3.63, 3.8) is 0 Å². The number of likely N-dealkylation sites (tertiary alicyclic amines) is 1. The molecule has 0 radical (unpaired) electrons. The summed E-state index contributed by atoms with van der Waals surface area (Å²) in [4.78, 5) is 21.1. The van der Waals surface area contributed by atoms with E-state index < -0.39 is 0 Å². The standard InChI is InChI=1S/C20H30ClN5O.HI/c1-2-22-20(23-14-19(27)25-10-4-3-5-11-25)24-17-9-12-26(15-17)18-8-6-7-16(21)13-18;/h6-8,13,17H,2-5,9-12,14-15H2,1H3,(H2,22,23,24);1H. The van der Waals surface area contributed by atoms with Gasteiger partial charge in [-0.05, 0) is 50.8 Å². The van der Waals surface area contributed by atoms with Crippen LogP contribution in [-0.4, -0.2) is 62.1 Å². The molecular formula is C20H31ClIN5O. The van der Waals surface area contributed by atoms with Crippen LogP contribution in [0.5, 0.6) is 0 Å². The average molecular weight is 520 g/mol. The number of hydrogen-bond acceptors (Lipinski definition) is 3. The maximum atomic E-state index is 12.4. The van der Waals surface area contributed by atoms with Gasteiger partial charge in [-0.3, -0.25) is 4.79 Å². The Balaban J connectivity index is 0.00000280. The normalized spacial score (nSPS) is 19.9. The van der Waals surface area contributed by atoms with Crippen LogP contribution in [0.3, 0.4) is 0 Å². The zero-order valence-corrected chi connectivity index (χ0v) is 19.6. The summed E-state index contributed by atoms with van der Waals surface area (Å²) in [5, 5.41) is 7.50. The van der Waals surface area contributed by atoms with Crippen LogP contribution in [0.2, 0.25) is 5.02 Å². The first-order chi connectivity index (χ1) is 13.2. The van der Waals surface area contributed by atoms with E-state index in [4.69, 9.17) is 11.6 Å². The monoisotopic (exact) mass is 519 g/mol. The number of amides is 1. The van der Waals surface area contributed by atoms with Crippen molar-refractivity contribution >= 4 is 53.1 Å². The van der Waals surface area contributed by atoms with Crippen molar-refractivity contribution in [2.24, 2.45) is 4.99 Å². The van der Waals surface area contributed by atoms with Crippen LogP contribution < -0.4 is 15.5 Å². The van der Waals surface area contributed by atoms with Gasteiger partial charge in [0.2, 0.25) is 5.91 Å². The lowest BCUT2D eigenvalue weighted by molar-refractivity contribution is -0.130. The SMILES string of the molecule is CCNC(=NCC(=O)N1CCCCC1)NC1CCN(c2cccc(Cl)c2)C1.I. The Labute approximate surface area is 190 Å². The highest BCUT2D eigenvalue weighted by Gasteiger charge is 2.24. The van der Waals surface area contributed by atoms with Gasteiger partial charge in [0.25, 0.3) is 0 Å². The summed E-state index contributed by atoms with van der Waals surface area (Å²) in [6, 6.07) is 8.26. The third-order valence-electron chi connectivity index (χ3n) is 5.13. The van der Waals surface area contributed by atoms with E-state index in [1.807, 2.05) is 30.0 Å². The van der Waals surface area contributed by atoms with Crippen molar-refractivity contribution < 1.29 is 4.79 Å². The molecule has 2 aliphatic heterocycles. The minimum atomic E-state index is 0. The summed E-state index contributed by atoms with van der Waals surface area (Å²) in [6.45, 7) is 6.63. The highest BCUT2D eigenvalue weighted by molar-refractivity contribution is 14.0. The molecule has 1 amide bonds. The molecule has 8 heteroatoms. The molecule has 156 valence electrons. The minimum Gasteiger partial charge on any atom is -0.369 e. The number of piperidine rings is 1. The molecule has 6 nitrogen and oxygen atoms in total. The summed E-state index contributed by atoms with van der Waals surface area (Å²) in [5.74, 6) is 0.847. The maximum absolute atomic E-state index is 12.4. The lowest BCUT2D eigenvalue weighted by atomic mass is 10.1. The molecular weight excluding hydrogens is 489 g/mol. The predicted octanol–water partition coefficient (Wildman–Crippen LogP) is 3.10. The van der Waals surface area contributed by atoms with E-state index in [2.05, 4.69) is 26.6 Å². The Hall–Kier alpha value is -1.22. The van der Waals surface area contributed by atoms with Crippen LogP contribution in [-0.2, 0) is 4.79 Å². The predicted molar refractivity (Wildman–Crippen MR) is 127 cm³/mol. The Kier molecular flexibility index (Phi) is 9.64. The lowest BCUT2D eigenvalue weighted by Crippen LogP contribution is -2.45. The molecule has 2 heterocycles. The fourth-order valence-electron chi connectivity index (χ4n) is 3.69. The molecule has 2 N–H and O–H groups in total. The van der Waals surface area contributed by atoms with Crippen LogP contribution in [0.4, 0.5) is 5.69 Å². The quantitative estimate of drug-likeness (QED) is 0.357. The van der Waals surface area contributed by atoms with Crippen molar-refractivity contribution in [1.82, 2.24) is 15.5 Å². The first-order valence-electron chi connectivity index (χ1n) is 9.99. The van der Waals surface area contributed by atoms with Gasteiger partial charge >= 0.3 is 0 Å². The van der Waals surface area contributed by atoms with Gasteiger partial charge in [0.05, 0.1) is 0 Å². The summed E-state index contributed by atoms with van der Waals surface area (Å²) in [6.07, 6.45) is 4.46. The smallest absolute Gasteiger partial charge is 0.244 e. The number of benzene rings is 1. The zero-order valence-electron chi connectivity index (χ0n) is 16.5. The van der Waals surface area contributed by atoms with Gasteiger partial charge in [0, 0.05) is 49.5 Å². The number of anilines is 1. The number of nitrogens with zero attached hydrogens (tertiary/aromatic N) is 3. The van der Waals surface area contributed by atoms with E-state index in [0.717, 1.165) is 68.7 Å². The second kappa shape index (κ2) is 11.7. The number of rotatable bonds is 5. The molecule has 2 fully saturated rings. The molecule has 0 aliphatic carbocycles. The summed E-state index contributed by atoms with van der Waals surface area (Å²) in [7, 11) is 0. The molecule has 1 unspecified atom stereocenters. The molecule has 0 bridgehead atoms. The van der Waals surface area contributed by atoms with Gasteiger partial charge in [-0.1, -0.05) is 17.7 Å². The number of hydrogen-bond donors (Lipinski definition) is 2. The second-order valence-electron chi connectivity index (χ2n) is 7.19. The molecule has 1 aromatic rings. The number of aliphatic imine (C=N–C) groups is 1. The highest BCUT2D eigenvalue weighted by Crippen LogP contribution is 2.23. The van der Waals surface area contributed by atoms with E-state index in [1.54, 1.807) is 0 Å². The Morgan fingerprint density at radius 2 is 2.04 bits per heavy atom. The van der Waals surface area contributed by atoms with Gasteiger partial charge in [-0.15, -0.1) is 24.0 Å². The number of nitrogens with one attached hydrogen (secondary N) is 2. The summed E-state index contributed by atoms with van der Waals surface area (Å²) < 4.78 is 0. The Bertz CT molecular complexity index is 666. The summed E-state index contributed by atoms with van der Waals surface area (Å²) >= 11 is 6.11. The van der Waals surface area contributed by atoms with E-state index >= 15 is 0 Å². The molecule has 1 aromatic carbocycles. The molecule has 2 aliphatic rings. The van der Waals surface area contributed by atoms with Crippen molar-refractivity contribution in [2.75, 3.05) is 44.2 Å². The fraction of sp³-hybridized carbons (Fsp3) is 0.600. The lowest BCUT2D eigenvalue weighted by Gasteiger charge is -2.26. The molecule has 28 heavy (non-hydrogen) atoms. The molecule has 0 saturated carbocycles. The van der Waals surface area contributed by atoms with E-state index in [1.165, 1.54) is 6.42 Å². The third kappa shape index (κ3) is 6.69. The van der Waals surface area contributed by atoms with Crippen molar-refractivity contribution in [2.45, 2.75) is 38.6 Å². The van der Waals surface area contributed by atoms with Gasteiger partial charge in [-0.2, -0.15) is 0 Å². The maximum Gasteiger partial charge on any atom is 0.244 e. The zero-order chi connectivity index (χ0) is 19.1. The number of guanidine groups is 1. The average Bonchev–Trinajstić information content (AvgIpc) is 3.15. The fourth-order valence-corrected chi connectivity index (χ4v) is 3.87. The number of carbonyl (C=O) groups is 1. The van der Waals surface area contributed by atoms with Crippen LogP contribution in [0.25, 0.3) is 0 Å². The van der Waals surface area contributed by atoms with Crippen molar-refractivity contribution in [3.05, 3.63) is 29.3 Å². The second-order valence-corrected chi connectivity index (χ2v) is 7.63. The van der Waals surface area contributed by atoms with Crippen LogP contribution in [0, 0.1) is 0 Å². The van der Waals surface area contributed by atoms with Crippen LogP contribution in [0.15, 0.2) is 29.3 Å². The first kappa shape index (κ1) is 23.1. The van der Waals surface area contributed by atoms with E-state index in [0.29, 0.717) is 6.04 Å². The van der Waals surface area contributed by atoms with E-state index in [-0.39, 0.29) is 36.4 Å². The minimum absolute atomic E-state index is 0. The third-order valence-corrected chi connectivity index (χ3v) is 5.36. The molecule has 0 spiro atoms. The number of halogens is 2. The largest absolute Gasteiger partial charge is 0.369 e. The van der Waals surface area contributed by atoms with Gasteiger partial charge in [0.1, 0.15) is 6.54 Å². The topological polar surface area (TPSA) is 60.0 Å². The van der Waals surface area contributed by atoms with E-state index in [9.17, 15) is 4.79 Å². The molecule has 3 rings (SSSR count). The highest BCUT2D eigenvalue weighted by atomic mass is 127. The summed E-state index contributed by atoms with van der Waals surface area (Å²) in [5.41, 5.74) is 1.15. The van der Waals surface area contributed by atoms with Gasteiger partial charge < -0.3 is 20.4 Å². The first-order valence-corrected chi connectivity index (χ1v) is 10.4. The molecule has 1 atom stereocenters. The van der Waals surface area contributed by atoms with Crippen molar-refractivity contribution in [1.29, 1.82) is 0 Å². The van der Waals surface area contributed by atoms with Crippen molar-refractivity contribution in [3.8, 4) is 0 Å². The number of carbonyl (C=O) groups excluding carboxylic acids is 1. The Morgan fingerprint density at radius 1 is 1.25 bits per heavy atom. The molecule has 0 aromatic heterocycles. The molecule has 2 saturated heterocycles. The van der Waals surface area contributed by atoms with Crippen LogP contribution in [0.1, 0.15) is 32.6 Å². The van der Waals surface area contributed by atoms with Gasteiger partial charge in [0.15, 0.2) is 5.96 Å². The van der Waals surface area contributed by atoms with Crippen LogP contribution >= 0.6 is 35.6 Å². The van der Waals surface area contributed by atoms with Gasteiger partial charge in [-0.25, -0.2) is 4.99 Å². The Morgan fingerprint density at radius 3 is 2.75 bits per heavy atom.